The molecule has 0 unspecified atom stereocenters. The molecule has 2 aromatic rings. The minimum absolute atomic E-state index is 0.126. The van der Waals surface area contributed by atoms with E-state index in [0.717, 1.165) is 30.2 Å². The lowest BCUT2D eigenvalue weighted by Gasteiger charge is -2.29. The fourth-order valence-electron chi connectivity index (χ4n) is 3.45. The second kappa shape index (κ2) is 8.78. The lowest BCUT2D eigenvalue weighted by atomic mass is 10.2. The molecule has 1 aromatic heterocycles. The third-order valence-electron chi connectivity index (χ3n) is 4.89. The van der Waals surface area contributed by atoms with Crippen LogP contribution in [0.5, 0.6) is 0 Å². The van der Waals surface area contributed by atoms with Gasteiger partial charge in [0, 0.05) is 55.9 Å². The largest absolute Gasteiger partial charge is 0.378 e. The molecule has 4 amide bonds. The van der Waals surface area contributed by atoms with Gasteiger partial charge in [0.25, 0.3) is 0 Å². The van der Waals surface area contributed by atoms with E-state index in [-0.39, 0.29) is 12.1 Å². The van der Waals surface area contributed by atoms with Crippen molar-refractivity contribution in [1.82, 2.24) is 15.6 Å². The molecule has 0 aliphatic carbocycles. The van der Waals surface area contributed by atoms with Crippen LogP contribution in [0, 0.1) is 0 Å². The Morgan fingerprint density at radius 1 is 1.17 bits per heavy atom. The average Bonchev–Trinajstić information content (AvgIpc) is 3.19. The van der Waals surface area contributed by atoms with Gasteiger partial charge >= 0.3 is 12.1 Å². The summed E-state index contributed by atoms with van der Waals surface area (Å²) < 4.78 is 5.40. The van der Waals surface area contributed by atoms with Gasteiger partial charge in [0.15, 0.2) is 0 Å². The van der Waals surface area contributed by atoms with Crippen LogP contribution in [-0.2, 0) is 11.3 Å². The number of hydrogen-bond acceptors (Lipinski definition) is 5. The van der Waals surface area contributed by atoms with Crippen LogP contribution in [0.4, 0.5) is 26.8 Å². The summed E-state index contributed by atoms with van der Waals surface area (Å²) in [6.45, 7) is 4.51. The van der Waals surface area contributed by atoms with Crippen molar-refractivity contribution in [3.05, 3.63) is 48.2 Å². The Bertz CT molecular complexity index is 884. The highest BCUT2D eigenvalue weighted by Gasteiger charge is 2.21. The summed E-state index contributed by atoms with van der Waals surface area (Å²) in [5.74, 6) is 0.873. The predicted octanol–water partition coefficient (Wildman–Crippen LogP) is 1.77. The van der Waals surface area contributed by atoms with Gasteiger partial charge in [0.1, 0.15) is 5.82 Å². The van der Waals surface area contributed by atoms with Gasteiger partial charge in [-0.1, -0.05) is 12.1 Å². The smallest absolute Gasteiger partial charge is 0.321 e. The summed E-state index contributed by atoms with van der Waals surface area (Å²) in [5.41, 5.74) is 2.32. The molecule has 0 spiro atoms. The minimum atomic E-state index is -0.315. The average molecular weight is 396 g/mol. The number of anilines is 3. The monoisotopic (exact) mass is 396 g/mol. The highest BCUT2D eigenvalue weighted by molar-refractivity contribution is 5.95. The van der Waals surface area contributed by atoms with Crippen molar-refractivity contribution >= 4 is 29.3 Å². The molecule has 3 N–H and O–H groups in total. The van der Waals surface area contributed by atoms with Gasteiger partial charge in [-0.15, -0.1) is 0 Å². The van der Waals surface area contributed by atoms with Gasteiger partial charge in [-0.05, 0) is 24.3 Å². The molecule has 0 atom stereocenters. The van der Waals surface area contributed by atoms with Gasteiger partial charge < -0.3 is 25.6 Å². The lowest BCUT2D eigenvalue weighted by Crippen LogP contribution is -2.38. The van der Waals surface area contributed by atoms with E-state index in [1.165, 1.54) is 0 Å². The van der Waals surface area contributed by atoms with Crippen LogP contribution in [0.15, 0.2) is 42.6 Å². The van der Waals surface area contributed by atoms with Gasteiger partial charge in [-0.3, -0.25) is 4.90 Å². The molecule has 2 saturated heterocycles. The Labute approximate surface area is 169 Å². The second-order valence-corrected chi connectivity index (χ2v) is 6.83. The molecule has 0 saturated carbocycles. The summed E-state index contributed by atoms with van der Waals surface area (Å²) in [4.78, 5) is 32.5. The number of aromatic nitrogens is 1. The van der Waals surface area contributed by atoms with E-state index in [9.17, 15) is 9.59 Å². The number of morpholine rings is 1. The number of ether oxygens (including phenoxy) is 1. The molecule has 152 valence electrons. The van der Waals surface area contributed by atoms with Crippen molar-refractivity contribution in [1.29, 1.82) is 0 Å². The molecule has 29 heavy (non-hydrogen) atoms. The van der Waals surface area contributed by atoms with Crippen molar-refractivity contribution in [3.8, 4) is 0 Å². The van der Waals surface area contributed by atoms with Gasteiger partial charge in [0.05, 0.1) is 13.2 Å². The topological polar surface area (TPSA) is 98.8 Å². The molecule has 2 aliphatic heterocycles. The summed E-state index contributed by atoms with van der Waals surface area (Å²) in [5, 5.41) is 8.48. The van der Waals surface area contributed by atoms with Crippen molar-refractivity contribution in [2.45, 2.75) is 6.54 Å². The van der Waals surface area contributed by atoms with E-state index >= 15 is 0 Å². The van der Waals surface area contributed by atoms with Crippen LogP contribution < -0.4 is 25.8 Å². The second-order valence-electron chi connectivity index (χ2n) is 6.83. The maximum atomic E-state index is 12.4. The third kappa shape index (κ3) is 4.57. The molecule has 4 rings (SSSR count). The number of nitrogens with one attached hydrogen (secondary N) is 3. The lowest BCUT2D eigenvalue weighted by molar-refractivity contribution is 0.122. The Hall–Kier alpha value is -3.33. The summed E-state index contributed by atoms with van der Waals surface area (Å²) >= 11 is 0. The van der Waals surface area contributed by atoms with Crippen LogP contribution >= 0.6 is 0 Å². The minimum Gasteiger partial charge on any atom is -0.378 e. The molecule has 1 aromatic carbocycles. The quantitative estimate of drug-likeness (QED) is 0.715. The molecular formula is C20H24N6O3. The Morgan fingerprint density at radius 2 is 2.03 bits per heavy atom. The van der Waals surface area contributed by atoms with Crippen molar-refractivity contribution in [2.75, 3.05) is 54.5 Å². The summed E-state index contributed by atoms with van der Waals surface area (Å²) in [7, 11) is 0. The predicted molar refractivity (Wildman–Crippen MR) is 110 cm³/mol. The zero-order valence-electron chi connectivity index (χ0n) is 16.1. The van der Waals surface area contributed by atoms with Crippen LogP contribution in [0.1, 0.15) is 5.56 Å². The number of rotatable bonds is 5. The fraction of sp³-hybridized carbons (Fsp3) is 0.350. The third-order valence-corrected chi connectivity index (χ3v) is 4.89. The number of benzene rings is 1. The first-order chi connectivity index (χ1) is 14.2. The molecule has 9 heteroatoms. The Morgan fingerprint density at radius 3 is 2.83 bits per heavy atom. The van der Waals surface area contributed by atoms with Crippen LogP contribution in [0.2, 0.25) is 0 Å². The van der Waals surface area contributed by atoms with Crippen LogP contribution in [0.25, 0.3) is 0 Å². The SMILES string of the molecule is O=C(NCc1cccnc1N1CCOCC1)Nc1cccc(N2CCNC2=O)c1. The number of urea groups is 2. The summed E-state index contributed by atoms with van der Waals surface area (Å²) in [6.07, 6.45) is 1.76. The van der Waals surface area contributed by atoms with E-state index < -0.39 is 0 Å². The highest BCUT2D eigenvalue weighted by Crippen LogP contribution is 2.21. The molecule has 0 radical (unpaired) electrons. The number of hydrogen-bond donors (Lipinski definition) is 3. The number of nitrogens with zero attached hydrogens (tertiary/aromatic N) is 3. The number of pyridine rings is 1. The van der Waals surface area contributed by atoms with E-state index in [0.29, 0.717) is 38.5 Å². The Balaban J connectivity index is 1.37. The van der Waals surface area contributed by atoms with Gasteiger partial charge in [-0.25, -0.2) is 14.6 Å². The molecule has 0 bridgehead atoms. The summed E-state index contributed by atoms with van der Waals surface area (Å²) in [6, 6.07) is 10.6. The van der Waals surface area contributed by atoms with E-state index in [1.54, 1.807) is 23.2 Å². The zero-order valence-corrected chi connectivity index (χ0v) is 16.1. The first kappa shape index (κ1) is 19.0. The van der Waals surface area contributed by atoms with Gasteiger partial charge in [-0.2, -0.15) is 0 Å². The number of carbonyl (C=O) groups is 2. The maximum absolute atomic E-state index is 12.4. The van der Waals surface area contributed by atoms with E-state index in [2.05, 4.69) is 25.8 Å². The highest BCUT2D eigenvalue weighted by atomic mass is 16.5. The normalized spacial score (nSPS) is 16.5. The number of amides is 4. The van der Waals surface area contributed by atoms with E-state index in [1.807, 2.05) is 24.3 Å². The maximum Gasteiger partial charge on any atom is 0.321 e. The molecule has 9 nitrogen and oxygen atoms in total. The van der Waals surface area contributed by atoms with Gasteiger partial charge in [0.2, 0.25) is 0 Å². The fourth-order valence-corrected chi connectivity index (χ4v) is 3.45. The van der Waals surface area contributed by atoms with Crippen LogP contribution in [-0.4, -0.2) is 56.4 Å². The first-order valence-corrected chi connectivity index (χ1v) is 9.67. The van der Waals surface area contributed by atoms with Crippen molar-refractivity contribution in [2.24, 2.45) is 0 Å². The standard InChI is InChI=1S/C20H24N6O3/c27-19(24-16-4-1-5-17(13-16)26-8-7-22-20(26)28)23-14-15-3-2-6-21-18(15)25-9-11-29-12-10-25/h1-6,13H,7-12,14H2,(H,22,28)(H2,23,24,27). The van der Waals surface area contributed by atoms with Crippen molar-refractivity contribution < 1.29 is 14.3 Å². The molecule has 2 fully saturated rings. The number of carbonyl (C=O) groups excluding carboxylic acids is 2. The zero-order chi connectivity index (χ0) is 20.1. The molecule has 2 aliphatic rings. The molecular weight excluding hydrogens is 372 g/mol. The molecule has 3 heterocycles. The first-order valence-electron chi connectivity index (χ1n) is 9.67. The van der Waals surface area contributed by atoms with Crippen molar-refractivity contribution in [3.63, 3.8) is 0 Å². The Kier molecular flexibility index (Phi) is 5.76. The van der Waals surface area contributed by atoms with E-state index in [4.69, 9.17) is 4.74 Å². The van der Waals surface area contributed by atoms with Crippen LogP contribution in [0.3, 0.4) is 0 Å².